The Morgan fingerprint density at radius 3 is 1.83 bits per heavy atom. The van der Waals surface area contributed by atoms with Crippen molar-refractivity contribution in [3.8, 4) is 11.5 Å². The molecule has 0 fully saturated rings. The molecule has 2 rings (SSSR count). The van der Waals surface area contributed by atoms with Crippen LogP contribution in [0.5, 0.6) is 11.5 Å². The topological polar surface area (TPSA) is 44.8 Å². The molecule has 0 heterocycles. The van der Waals surface area contributed by atoms with Crippen molar-refractivity contribution < 1.29 is 19.0 Å². The minimum atomic E-state index is -0.753. The molecule has 4 heteroatoms. The van der Waals surface area contributed by atoms with Gasteiger partial charge in [-0.05, 0) is 75.2 Å². The molecule has 0 N–H and O–H groups in total. The number of carbonyl (C=O) groups is 1. The molecule has 0 aliphatic heterocycles. The first-order chi connectivity index (χ1) is 11.3. The lowest BCUT2D eigenvalue weighted by Gasteiger charge is -2.29. The minimum Gasteiger partial charge on any atom is -0.497 e. The third-order valence-electron chi connectivity index (χ3n) is 4.02. The molecule has 0 spiro atoms. The molecule has 0 aromatic heterocycles. The fourth-order valence-corrected chi connectivity index (χ4v) is 3.06. The molecule has 128 valence electrons. The number of esters is 1. The van der Waals surface area contributed by atoms with Crippen LogP contribution in [0.2, 0.25) is 0 Å². The van der Waals surface area contributed by atoms with Gasteiger partial charge in [-0.2, -0.15) is 0 Å². The van der Waals surface area contributed by atoms with Gasteiger partial charge in [0, 0.05) is 5.56 Å². The maximum atomic E-state index is 12.5. The Hall–Kier alpha value is -2.49. The fraction of sp³-hybridized carbons (Fsp3) is 0.350. The number of methoxy groups -OCH3 is 2. The number of hydrogen-bond acceptors (Lipinski definition) is 4. The number of ether oxygens (including phenoxy) is 3. The highest BCUT2D eigenvalue weighted by Gasteiger charge is 2.29. The lowest BCUT2D eigenvalue weighted by Crippen LogP contribution is -2.27. The van der Waals surface area contributed by atoms with Gasteiger partial charge in [-0.3, -0.25) is 0 Å². The van der Waals surface area contributed by atoms with Crippen molar-refractivity contribution in [3.05, 3.63) is 58.7 Å². The Balaban J connectivity index is 2.28. The van der Waals surface area contributed by atoms with Gasteiger partial charge in [0.1, 0.15) is 17.1 Å². The Bertz CT molecular complexity index is 707. The van der Waals surface area contributed by atoms with E-state index in [4.69, 9.17) is 14.2 Å². The van der Waals surface area contributed by atoms with E-state index in [-0.39, 0.29) is 5.97 Å². The van der Waals surface area contributed by atoms with E-state index in [0.29, 0.717) is 11.3 Å². The number of carbonyl (C=O) groups excluding carboxylic acids is 1. The smallest absolute Gasteiger partial charge is 0.338 e. The van der Waals surface area contributed by atoms with Gasteiger partial charge in [-0.25, -0.2) is 4.79 Å². The fourth-order valence-electron chi connectivity index (χ4n) is 3.06. The van der Waals surface area contributed by atoms with Crippen molar-refractivity contribution in [1.29, 1.82) is 0 Å². The third-order valence-corrected chi connectivity index (χ3v) is 4.02. The van der Waals surface area contributed by atoms with E-state index in [9.17, 15) is 4.79 Å². The van der Waals surface area contributed by atoms with E-state index < -0.39 is 5.60 Å². The molecular weight excluding hydrogens is 304 g/mol. The molecule has 0 saturated carbocycles. The van der Waals surface area contributed by atoms with Crippen LogP contribution in [0.4, 0.5) is 0 Å². The van der Waals surface area contributed by atoms with Crippen molar-refractivity contribution in [2.45, 2.75) is 33.3 Å². The van der Waals surface area contributed by atoms with Gasteiger partial charge in [-0.1, -0.05) is 0 Å². The van der Waals surface area contributed by atoms with Gasteiger partial charge in [0.05, 0.1) is 19.8 Å². The van der Waals surface area contributed by atoms with Gasteiger partial charge in [0.25, 0.3) is 0 Å². The molecule has 4 nitrogen and oxygen atoms in total. The van der Waals surface area contributed by atoms with Crippen LogP contribution in [-0.4, -0.2) is 20.2 Å². The Kier molecular flexibility index (Phi) is 5.17. The maximum Gasteiger partial charge on any atom is 0.338 e. The summed E-state index contributed by atoms with van der Waals surface area (Å²) in [5.41, 5.74) is 2.79. The Morgan fingerprint density at radius 1 is 0.875 bits per heavy atom. The SMILES string of the molecule is COc1ccc(C(=O)OC(C)(C)c2c(C)cc(OC)cc2C)cc1. The first-order valence-electron chi connectivity index (χ1n) is 7.81. The van der Waals surface area contributed by atoms with Crippen LogP contribution < -0.4 is 9.47 Å². The van der Waals surface area contributed by atoms with Gasteiger partial charge >= 0.3 is 5.97 Å². The summed E-state index contributed by atoms with van der Waals surface area (Å²) < 4.78 is 16.2. The van der Waals surface area contributed by atoms with Crippen molar-refractivity contribution in [1.82, 2.24) is 0 Å². The normalized spacial score (nSPS) is 11.1. The largest absolute Gasteiger partial charge is 0.497 e. The average Bonchev–Trinajstić information content (AvgIpc) is 2.53. The average molecular weight is 328 g/mol. The van der Waals surface area contributed by atoms with Crippen LogP contribution in [-0.2, 0) is 10.3 Å². The van der Waals surface area contributed by atoms with Crippen LogP contribution >= 0.6 is 0 Å². The molecule has 0 aliphatic rings. The molecule has 2 aromatic carbocycles. The van der Waals surface area contributed by atoms with E-state index in [1.165, 1.54) is 0 Å². The van der Waals surface area contributed by atoms with Crippen LogP contribution in [0.25, 0.3) is 0 Å². The highest BCUT2D eigenvalue weighted by atomic mass is 16.6. The summed E-state index contributed by atoms with van der Waals surface area (Å²) in [4.78, 5) is 12.5. The summed E-state index contributed by atoms with van der Waals surface area (Å²) >= 11 is 0. The molecule has 0 saturated heterocycles. The second-order valence-corrected chi connectivity index (χ2v) is 6.26. The van der Waals surface area contributed by atoms with Crippen LogP contribution in [0.15, 0.2) is 36.4 Å². The zero-order chi connectivity index (χ0) is 17.9. The number of aryl methyl sites for hydroxylation is 2. The Morgan fingerprint density at radius 2 is 1.38 bits per heavy atom. The zero-order valence-corrected chi connectivity index (χ0v) is 15.1. The number of benzene rings is 2. The standard InChI is InChI=1S/C20H24O4/c1-13-11-17(23-6)12-14(2)18(13)20(3,4)24-19(21)15-7-9-16(22-5)10-8-15/h7-12H,1-6H3. The van der Waals surface area contributed by atoms with E-state index in [1.54, 1.807) is 38.5 Å². The maximum absolute atomic E-state index is 12.5. The summed E-state index contributed by atoms with van der Waals surface area (Å²) in [6, 6.07) is 10.8. The molecule has 0 unspecified atom stereocenters. The van der Waals surface area contributed by atoms with Gasteiger partial charge < -0.3 is 14.2 Å². The molecule has 0 bridgehead atoms. The summed E-state index contributed by atoms with van der Waals surface area (Å²) in [5, 5.41) is 0. The van der Waals surface area contributed by atoms with E-state index in [2.05, 4.69) is 0 Å². The van der Waals surface area contributed by atoms with Crippen LogP contribution in [0.1, 0.15) is 40.9 Å². The van der Waals surface area contributed by atoms with Crippen molar-refractivity contribution in [3.63, 3.8) is 0 Å². The van der Waals surface area contributed by atoms with Crippen molar-refractivity contribution >= 4 is 5.97 Å². The summed E-state index contributed by atoms with van der Waals surface area (Å²) in [5.74, 6) is 1.14. The van der Waals surface area contributed by atoms with E-state index in [1.807, 2.05) is 39.8 Å². The second-order valence-electron chi connectivity index (χ2n) is 6.26. The first kappa shape index (κ1) is 17.9. The predicted octanol–water partition coefficient (Wildman–Crippen LogP) is 4.41. The Labute approximate surface area is 143 Å². The van der Waals surface area contributed by atoms with E-state index >= 15 is 0 Å². The van der Waals surface area contributed by atoms with Gasteiger partial charge in [0.2, 0.25) is 0 Å². The molecule has 24 heavy (non-hydrogen) atoms. The predicted molar refractivity (Wildman–Crippen MR) is 93.9 cm³/mol. The summed E-state index contributed by atoms with van der Waals surface area (Å²) in [6.07, 6.45) is 0. The zero-order valence-electron chi connectivity index (χ0n) is 15.1. The monoisotopic (exact) mass is 328 g/mol. The van der Waals surface area contributed by atoms with Crippen molar-refractivity contribution in [2.24, 2.45) is 0 Å². The number of rotatable bonds is 5. The first-order valence-corrected chi connectivity index (χ1v) is 7.81. The van der Waals surface area contributed by atoms with Crippen LogP contribution in [0.3, 0.4) is 0 Å². The third kappa shape index (κ3) is 3.70. The molecule has 0 amide bonds. The molecule has 0 radical (unpaired) electrons. The van der Waals surface area contributed by atoms with Crippen molar-refractivity contribution in [2.75, 3.05) is 14.2 Å². The molecule has 0 aliphatic carbocycles. The second kappa shape index (κ2) is 6.95. The van der Waals surface area contributed by atoms with E-state index in [0.717, 1.165) is 22.4 Å². The van der Waals surface area contributed by atoms with Gasteiger partial charge in [-0.15, -0.1) is 0 Å². The summed E-state index contributed by atoms with van der Waals surface area (Å²) in [7, 11) is 3.23. The van der Waals surface area contributed by atoms with Crippen LogP contribution in [0, 0.1) is 13.8 Å². The lowest BCUT2D eigenvalue weighted by molar-refractivity contribution is -0.00361. The van der Waals surface area contributed by atoms with Gasteiger partial charge in [0.15, 0.2) is 0 Å². The molecular formula is C20H24O4. The highest BCUT2D eigenvalue weighted by molar-refractivity contribution is 5.89. The minimum absolute atomic E-state index is 0.364. The molecule has 2 aromatic rings. The highest BCUT2D eigenvalue weighted by Crippen LogP contribution is 2.34. The molecule has 0 atom stereocenters. The number of hydrogen-bond donors (Lipinski definition) is 0. The lowest BCUT2D eigenvalue weighted by atomic mass is 9.89. The summed E-state index contributed by atoms with van der Waals surface area (Å²) in [6.45, 7) is 7.79. The quantitative estimate of drug-likeness (QED) is 0.763.